The van der Waals surface area contributed by atoms with E-state index in [0.717, 1.165) is 59.9 Å². The lowest BCUT2D eigenvalue weighted by atomic mass is 9.98. The largest absolute Gasteiger partial charge is 0.493 e. The molecule has 0 atom stereocenters. The molecule has 2 aromatic carbocycles. The second-order valence-electron chi connectivity index (χ2n) is 8.80. The Kier molecular flexibility index (Phi) is 6.92. The number of hydrogen-bond acceptors (Lipinski definition) is 8. The summed E-state index contributed by atoms with van der Waals surface area (Å²) in [5, 5.41) is 13.4. The Morgan fingerprint density at radius 2 is 1.83 bits per heavy atom. The Bertz CT molecular complexity index is 1410. The van der Waals surface area contributed by atoms with Gasteiger partial charge in [-0.05, 0) is 48.7 Å². The van der Waals surface area contributed by atoms with E-state index < -0.39 is 0 Å². The summed E-state index contributed by atoms with van der Waals surface area (Å²) in [5.41, 5.74) is 5.80. The highest BCUT2D eigenvalue weighted by Crippen LogP contribution is 2.31. The first-order valence-corrected chi connectivity index (χ1v) is 12.0. The third kappa shape index (κ3) is 5.07. The van der Waals surface area contributed by atoms with Crippen molar-refractivity contribution in [2.24, 2.45) is 0 Å². The Hall–Kier alpha value is -4.22. The molecule has 0 aliphatic carbocycles. The molecular weight excluding hydrogens is 452 g/mol. The fraction of sp³-hybridized carbons (Fsp3) is 0.286. The summed E-state index contributed by atoms with van der Waals surface area (Å²) in [7, 11) is 1.63. The molecule has 8 nitrogen and oxygen atoms in total. The maximum Gasteiger partial charge on any atom is 0.161 e. The van der Waals surface area contributed by atoms with E-state index >= 15 is 0 Å². The molecule has 0 spiro atoms. The second-order valence-corrected chi connectivity index (χ2v) is 8.80. The van der Waals surface area contributed by atoms with Gasteiger partial charge in [-0.25, -0.2) is 4.98 Å². The van der Waals surface area contributed by atoms with Crippen molar-refractivity contribution in [2.45, 2.75) is 20.0 Å². The molecule has 4 aromatic rings. The van der Waals surface area contributed by atoms with Crippen LogP contribution < -0.4 is 19.7 Å². The van der Waals surface area contributed by atoms with Crippen LogP contribution in [-0.2, 0) is 13.0 Å². The Balaban J connectivity index is 1.39. The van der Waals surface area contributed by atoms with Crippen molar-refractivity contribution in [2.75, 3.05) is 38.2 Å². The zero-order valence-electron chi connectivity index (χ0n) is 20.5. The Morgan fingerprint density at radius 1 is 1.00 bits per heavy atom. The highest BCUT2D eigenvalue weighted by molar-refractivity contribution is 5.83. The van der Waals surface area contributed by atoms with Crippen LogP contribution in [0.15, 0.2) is 54.9 Å². The summed E-state index contributed by atoms with van der Waals surface area (Å²) >= 11 is 0. The molecule has 1 N–H and O–H groups in total. The third-order valence-electron chi connectivity index (χ3n) is 6.33. The van der Waals surface area contributed by atoms with Crippen LogP contribution in [0.2, 0.25) is 0 Å². The zero-order chi connectivity index (χ0) is 24.9. The van der Waals surface area contributed by atoms with Gasteiger partial charge >= 0.3 is 0 Å². The average Bonchev–Trinajstić information content (AvgIpc) is 2.93. The molecule has 5 rings (SSSR count). The molecule has 1 aliphatic rings. The van der Waals surface area contributed by atoms with Crippen molar-refractivity contribution >= 4 is 16.9 Å². The third-order valence-corrected chi connectivity index (χ3v) is 6.33. The SMILES string of the molecule is COc1cc(Cc2ccc3ncc(N4CCNCC4)nc3c2C#N)ccc1OCc1ccc(C)nc1. The van der Waals surface area contributed by atoms with Gasteiger partial charge in [-0.2, -0.15) is 5.26 Å². The number of benzene rings is 2. The van der Waals surface area contributed by atoms with E-state index in [4.69, 9.17) is 14.5 Å². The molecule has 0 saturated carbocycles. The van der Waals surface area contributed by atoms with Crippen LogP contribution in [0.3, 0.4) is 0 Å². The quantitative estimate of drug-likeness (QED) is 0.427. The van der Waals surface area contributed by atoms with E-state index in [9.17, 15) is 5.26 Å². The second kappa shape index (κ2) is 10.6. The van der Waals surface area contributed by atoms with E-state index in [1.165, 1.54) is 0 Å². The number of hydrogen-bond donors (Lipinski definition) is 1. The summed E-state index contributed by atoms with van der Waals surface area (Å²) in [6.07, 6.45) is 4.18. The molecular formula is C28H28N6O2. The number of rotatable bonds is 7. The minimum atomic E-state index is 0.403. The molecule has 36 heavy (non-hydrogen) atoms. The molecule has 1 aliphatic heterocycles. The highest BCUT2D eigenvalue weighted by Gasteiger charge is 2.16. The molecule has 0 bridgehead atoms. The van der Waals surface area contributed by atoms with Crippen LogP contribution in [-0.4, -0.2) is 48.2 Å². The van der Waals surface area contributed by atoms with Gasteiger partial charge in [0.1, 0.15) is 24.0 Å². The first-order chi connectivity index (χ1) is 17.6. The van der Waals surface area contributed by atoms with Crippen LogP contribution in [0, 0.1) is 18.3 Å². The predicted molar refractivity (Wildman–Crippen MR) is 138 cm³/mol. The fourth-order valence-electron chi connectivity index (χ4n) is 4.33. The van der Waals surface area contributed by atoms with Crippen LogP contribution >= 0.6 is 0 Å². The van der Waals surface area contributed by atoms with Crippen molar-refractivity contribution < 1.29 is 9.47 Å². The summed E-state index contributed by atoms with van der Waals surface area (Å²) in [4.78, 5) is 15.9. The molecule has 0 unspecified atom stereocenters. The lowest BCUT2D eigenvalue weighted by Crippen LogP contribution is -2.43. The molecule has 0 radical (unpaired) electrons. The molecule has 1 fully saturated rings. The van der Waals surface area contributed by atoms with E-state index in [1.54, 1.807) is 13.3 Å². The van der Waals surface area contributed by atoms with Crippen molar-refractivity contribution in [3.8, 4) is 17.6 Å². The van der Waals surface area contributed by atoms with Crippen LogP contribution in [0.5, 0.6) is 11.5 Å². The lowest BCUT2D eigenvalue weighted by molar-refractivity contribution is 0.284. The van der Waals surface area contributed by atoms with Crippen LogP contribution in [0.1, 0.15) is 27.9 Å². The maximum absolute atomic E-state index is 10.0. The number of aromatic nitrogens is 3. The van der Waals surface area contributed by atoms with Gasteiger partial charge in [-0.1, -0.05) is 18.2 Å². The number of piperazine rings is 1. The standard InChI is InChI=1S/C28H28N6O2/c1-19-3-4-21(16-31-19)18-36-25-8-5-20(14-26(25)35-2)13-22-6-7-24-28(23(22)15-29)33-27(17-32-24)34-11-9-30-10-12-34/h3-8,14,16-17,30H,9-13,18H2,1-2H3. The number of nitrogens with one attached hydrogen (secondary N) is 1. The van der Waals surface area contributed by atoms with E-state index in [-0.39, 0.29) is 0 Å². The number of pyridine rings is 1. The van der Waals surface area contributed by atoms with Gasteiger partial charge in [-0.15, -0.1) is 0 Å². The van der Waals surface area contributed by atoms with Gasteiger partial charge in [0.2, 0.25) is 0 Å². The number of anilines is 1. The number of ether oxygens (including phenoxy) is 2. The molecule has 182 valence electrons. The van der Waals surface area contributed by atoms with Gasteiger partial charge in [0.05, 0.1) is 24.4 Å². The smallest absolute Gasteiger partial charge is 0.161 e. The van der Waals surface area contributed by atoms with Crippen molar-refractivity contribution in [3.63, 3.8) is 0 Å². The van der Waals surface area contributed by atoms with Gasteiger partial charge in [0.15, 0.2) is 11.5 Å². The van der Waals surface area contributed by atoms with Crippen molar-refractivity contribution in [1.82, 2.24) is 20.3 Å². The summed E-state index contributed by atoms with van der Waals surface area (Å²) in [5.74, 6) is 2.12. The molecule has 3 heterocycles. The number of fused-ring (bicyclic) bond motifs is 1. The van der Waals surface area contributed by atoms with E-state index in [2.05, 4.69) is 26.3 Å². The summed E-state index contributed by atoms with van der Waals surface area (Å²) < 4.78 is 11.6. The van der Waals surface area contributed by atoms with Gasteiger partial charge < -0.3 is 19.7 Å². The van der Waals surface area contributed by atoms with Crippen LogP contribution in [0.4, 0.5) is 5.82 Å². The number of nitriles is 1. The van der Waals surface area contributed by atoms with Crippen molar-refractivity contribution in [3.05, 3.63) is 82.8 Å². The molecule has 0 amide bonds. The maximum atomic E-state index is 10.0. The first kappa shape index (κ1) is 23.5. The first-order valence-electron chi connectivity index (χ1n) is 12.0. The van der Waals surface area contributed by atoms with Gasteiger partial charge in [-0.3, -0.25) is 9.97 Å². The van der Waals surface area contributed by atoms with Gasteiger partial charge in [0.25, 0.3) is 0 Å². The Labute approximate surface area is 210 Å². The monoisotopic (exact) mass is 480 g/mol. The topological polar surface area (TPSA) is 96.2 Å². The van der Waals surface area contributed by atoms with Crippen LogP contribution in [0.25, 0.3) is 11.0 Å². The normalized spacial score (nSPS) is 13.4. The molecule has 1 saturated heterocycles. The van der Waals surface area contributed by atoms with E-state index in [0.29, 0.717) is 35.6 Å². The average molecular weight is 481 g/mol. The number of methoxy groups -OCH3 is 1. The lowest BCUT2D eigenvalue weighted by Gasteiger charge is -2.28. The minimum absolute atomic E-state index is 0.403. The molecule has 2 aromatic heterocycles. The van der Waals surface area contributed by atoms with Gasteiger partial charge in [0, 0.05) is 43.6 Å². The zero-order valence-corrected chi connectivity index (χ0v) is 20.5. The highest BCUT2D eigenvalue weighted by atomic mass is 16.5. The van der Waals surface area contributed by atoms with E-state index in [1.807, 2.05) is 55.6 Å². The predicted octanol–water partition coefficient (Wildman–Crippen LogP) is 3.79. The number of aryl methyl sites for hydroxylation is 1. The Morgan fingerprint density at radius 3 is 2.58 bits per heavy atom. The summed E-state index contributed by atoms with van der Waals surface area (Å²) in [6.45, 7) is 5.92. The fourth-order valence-corrected chi connectivity index (χ4v) is 4.33. The number of nitrogens with zero attached hydrogens (tertiary/aromatic N) is 5. The van der Waals surface area contributed by atoms with Crippen molar-refractivity contribution in [1.29, 1.82) is 5.26 Å². The summed E-state index contributed by atoms with van der Waals surface area (Å²) in [6, 6.07) is 16.1. The minimum Gasteiger partial charge on any atom is -0.493 e. The molecule has 8 heteroatoms.